The first-order chi connectivity index (χ1) is 9.98. The molecule has 1 aromatic rings. The number of carboxylic acids is 1. The SMILES string of the molecule is O=C(O)CC1(F)CCCN(C(=O)OCc2ccccc2)C1. The van der Waals surface area contributed by atoms with E-state index in [4.69, 9.17) is 9.84 Å². The molecule has 1 saturated heterocycles. The second-order valence-electron chi connectivity index (χ2n) is 5.29. The average molecular weight is 295 g/mol. The summed E-state index contributed by atoms with van der Waals surface area (Å²) in [5, 5.41) is 8.73. The van der Waals surface area contributed by atoms with Gasteiger partial charge in [-0.05, 0) is 18.4 Å². The number of hydrogen-bond donors (Lipinski definition) is 1. The number of likely N-dealkylation sites (tertiary alicyclic amines) is 1. The molecule has 0 saturated carbocycles. The minimum Gasteiger partial charge on any atom is -0.481 e. The van der Waals surface area contributed by atoms with Gasteiger partial charge in [0.15, 0.2) is 0 Å². The quantitative estimate of drug-likeness (QED) is 0.927. The van der Waals surface area contributed by atoms with Crippen LogP contribution in [0.2, 0.25) is 0 Å². The molecule has 1 aromatic carbocycles. The van der Waals surface area contributed by atoms with Crippen LogP contribution in [-0.4, -0.2) is 40.8 Å². The summed E-state index contributed by atoms with van der Waals surface area (Å²) in [6.07, 6.45) is -0.604. The third-order valence-corrected chi connectivity index (χ3v) is 3.46. The Bertz CT molecular complexity index is 508. The maximum absolute atomic E-state index is 14.4. The lowest BCUT2D eigenvalue weighted by Crippen LogP contribution is -2.48. The second kappa shape index (κ2) is 6.56. The summed E-state index contributed by atoms with van der Waals surface area (Å²) in [6, 6.07) is 9.19. The molecule has 21 heavy (non-hydrogen) atoms. The Morgan fingerprint density at radius 2 is 2.05 bits per heavy atom. The van der Waals surface area contributed by atoms with E-state index in [1.165, 1.54) is 4.90 Å². The Morgan fingerprint density at radius 1 is 1.33 bits per heavy atom. The topological polar surface area (TPSA) is 66.8 Å². The number of halogens is 1. The highest BCUT2D eigenvalue weighted by Crippen LogP contribution is 2.29. The van der Waals surface area contributed by atoms with Crippen LogP contribution >= 0.6 is 0 Å². The highest BCUT2D eigenvalue weighted by Gasteiger charge is 2.39. The normalized spacial score (nSPS) is 21.9. The predicted octanol–water partition coefficient (Wildman–Crippen LogP) is 2.60. The van der Waals surface area contributed by atoms with Crippen molar-refractivity contribution in [2.24, 2.45) is 0 Å². The number of amides is 1. The molecule has 5 nitrogen and oxygen atoms in total. The number of aliphatic carboxylic acids is 1. The van der Waals surface area contributed by atoms with E-state index >= 15 is 0 Å². The Kier molecular flexibility index (Phi) is 4.77. The van der Waals surface area contributed by atoms with E-state index in [9.17, 15) is 14.0 Å². The van der Waals surface area contributed by atoms with E-state index in [-0.39, 0.29) is 19.6 Å². The predicted molar refractivity (Wildman–Crippen MR) is 73.5 cm³/mol. The molecule has 0 radical (unpaired) electrons. The van der Waals surface area contributed by atoms with Crippen molar-refractivity contribution in [1.29, 1.82) is 0 Å². The molecule has 6 heteroatoms. The first kappa shape index (κ1) is 15.3. The summed E-state index contributed by atoms with van der Waals surface area (Å²) < 4.78 is 19.5. The third kappa shape index (κ3) is 4.44. The maximum atomic E-state index is 14.4. The Morgan fingerprint density at radius 3 is 2.71 bits per heavy atom. The monoisotopic (exact) mass is 295 g/mol. The number of alkyl halides is 1. The van der Waals surface area contributed by atoms with E-state index in [1.54, 1.807) is 0 Å². The molecule has 2 rings (SSSR count). The van der Waals surface area contributed by atoms with Gasteiger partial charge in [0.25, 0.3) is 0 Å². The van der Waals surface area contributed by atoms with Gasteiger partial charge in [0, 0.05) is 6.54 Å². The molecule has 1 aliphatic rings. The maximum Gasteiger partial charge on any atom is 0.410 e. The fraction of sp³-hybridized carbons (Fsp3) is 0.467. The number of ether oxygens (including phenoxy) is 1. The minimum absolute atomic E-state index is 0.119. The van der Waals surface area contributed by atoms with Crippen LogP contribution in [0, 0.1) is 0 Å². The standard InChI is InChI=1S/C15H18FNO4/c16-15(9-13(18)19)7-4-8-17(11-15)14(20)21-10-12-5-2-1-3-6-12/h1-3,5-6H,4,7-11H2,(H,18,19). The van der Waals surface area contributed by atoms with Crippen molar-refractivity contribution in [3.8, 4) is 0 Å². The van der Waals surface area contributed by atoms with Crippen LogP contribution in [0.5, 0.6) is 0 Å². The number of carbonyl (C=O) groups excluding carboxylic acids is 1. The zero-order valence-electron chi connectivity index (χ0n) is 11.6. The number of rotatable bonds is 4. The highest BCUT2D eigenvalue weighted by atomic mass is 19.1. The van der Waals surface area contributed by atoms with Gasteiger partial charge >= 0.3 is 12.1 Å². The molecular weight excluding hydrogens is 277 g/mol. The van der Waals surface area contributed by atoms with E-state index in [0.29, 0.717) is 13.0 Å². The number of nitrogens with zero attached hydrogens (tertiary/aromatic N) is 1. The molecule has 0 aromatic heterocycles. The molecule has 1 amide bonds. The molecule has 1 fully saturated rings. The first-order valence-electron chi connectivity index (χ1n) is 6.85. The van der Waals surface area contributed by atoms with Crippen molar-refractivity contribution in [2.75, 3.05) is 13.1 Å². The van der Waals surface area contributed by atoms with E-state index in [1.807, 2.05) is 30.3 Å². The largest absolute Gasteiger partial charge is 0.481 e. The smallest absolute Gasteiger partial charge is 0.410 e. The van der Waals surface area contributed by atoms with Crippen molar-refractivity contribution >= 4 is 12.1 Å². The van der Waals surface area contributed by atoms with Crippen molar-refractivity contribution in [1.82, 2.24) is 4.90 Å². The van der Waals surface area contributed by atoms with Gasteiger partial charge in [-0.3, -0.25) is 4.79 Å². The Balaban J connectivity index is 1.88. The van der Waals surface area contributed by atoms with E-state index < -0.39 is 24.2 Å². The summed E-state index contributed by atoms with van der Waals surface area (Å²) in [5.41, 5.74) is -1.02. The van der Waals surface area contributed by atoms with Gasteiger partial charge in [0.2, 0.25) is 0 Å². The fourth-order valence-corrected chi connectivity index (χ4v) is 2.47. The summed E-state index contributed by atoms with van der Waals surface area (Å²) in [6.45, 7) is 0.278. The average Bonchev–Trinajstić information content (AvgIpc) is 2.44. The number of carboxylic acid groups (broad SMARTS) is 1. The highest BCUT2D eigenvalue weighted by molar-refractivity contribution is 5.70. The zero-order chi connectivity index (χ0) is 15.3. The number of carbonyl (C=O) groups is 2. The summed E-state index contributed by atoms with van der Waals surface area (Å²) in [5.74, 6) is -1.20. The molecule has 1 atom stereocenters. The molecule has 114 valence electrons. The molecule has 1 aliphatic heterocycles. The molecular formula is C15H18FNO4. The lowest BCUT2D eigenvalue weighted by atomic mass is 9.92. The van der Waals surface area contributed by atoms with Gasteiger partial charge in [0.1, 0.15) is 12.3 Å². The second-order valence-corrected chi connectivity index (χ2v) is 5.29. The Hall–Kier alpha value is -2.11. The number of piperidine rings is 1. The summed E-state index contributed by atoms with van der Waals surface area (Å²) in [4.78, 5) is 23.9. The van der Waals surface area contributed by atoms with Gasteiger partial charge in [-0.2, -0.15) is 0 Å². The van der Waals surface area contributed by atoms with Crippen LogP contribution < -0.4 is 0 Å². The van der Waals surface area contributed by atoms with Gasteiger partial charge in [-0.25, -0.2) is 9.18 Å². The van der Waals surface area contributed by atoms with Gasteiger partial charge in [0.05, 0.1) is 13.0 Å². The molecule has 0 spiro atoms. The van der Waals surface area contributed by atoms with Crippen molar-refractivity contribution in [3.05, 3.63) is 35.9 Å². The summed E-state index contributed by atoms with van der Waals surface area (Å²) in [7, 11) is 0. The van der Waals surface area contributed by atoms with Crippen LogP contribution in [0.15, 0.2) is 30.3 Å². The first-order valence-corrected chi connectivity index (χ1v) is 6.85. The minimum atomic E-state index is -1.87. The molecule has 1 heterocycles. The fourth-order valence-electron chi connectivity index (χ4n) is 2.47. The third-order valence-electron chi connectivity index (χ3n) is 3.46. The molecule has 1 N–H and O–H groups in total. The van der Waals surface area contributed by atoms with Gasteiger partial charge in [-0.1, -0.05) is 30.3 Å². The lowest BCUT2D eigenvalue weighted by Gasteiger charge is -2.35. The van der Waals surface area contributed by atoms with Gasteiger partial charge < -0.3 is 14.7 Å². The van der Waals surface area contributed by atoms with E-state index in [0.717, 1.165) is 5.56 Å². The number of benzene rings is 1. The summed E-state index contributed by atoms with van der Waals surface area (Å²) >= 11 is 0. The zero-order valence-corrected chi connectivity index (χ0v) is 11.6. The van der Waals surface area contributed by atoms with Crippen LogP contribution in [0.3, 0.4) is 0 Å². The molecule has 1 unspecified atom stereocenters. The van der Waals surface area contributed by atoms with Crippen LogP contribution in [-0.2, 0) is 16.1 Å². The molecule has 0 aliphatic carbocycles. The van der Waals surface area contributed by atoms with Crippen LogP contribution in [0.1, 0.15) is 24.8 Å². The van der Waals surface area contributed by atoms with Crippen molar-refractivity contribution < 1.29 is 23.8 Å². The lowest BCUT2D eigenvalue weighted by molar-refractivity contribution is -0.141. The van der Waals surface area contributed by atoms with Crippen molar-refractivity contribution in [3.63, 3.8) is 0 Å². The van der Waals surface area contributed by atoms with E-state index in [2.05, 4.69) is 0 Å². The molecule has 0 bridgehead atoms. The van der Waals surface area contributed by atoms with Crippen LogP contribution in [0.4, 0.5) is 9.18 Å². The number of hydrogen-bond acceptors (Lipinski definition) is 3. The Labute approximate surface area is 122 Å². The van der Waals surface area contributed by atoms with Gasteiger partial charge in [-0.15, -0.1) is 0 Å². The van der Waals surface area contributed by atoms with Crippen LogP contribution in [0.25, 0.3) is 0 Å². The van der Waals surface area contributed by atoms with Crippen molar-refractivity contribution in [2.45, 2.75) is 31.5 Å².